The summed E-state index contributed by atoms with van der Waals surface area (Å²) in [4.78, 5) is 21.7. The summed E-state index contributed by atoms with van der Waals surface area (Å²) in [6, 6.07) is -1.95. The van der Waals surface area contributed by atoms with Crippen molar-refractivity contribution in [1.82, 2.24) is 10.6 Å². The molecule has 0 bridgehead atoms. The van der Waals surface area contributed by atoms with Crippen LogP contribution in [0.1, 0.15) is 6.42 Å². The molecule has 0 spiro atoms. The Morgan fingerprint density at radius 2 is 2.06 bits per heavy atom. The molecule has 5 nitrogen and oxygen atoms in total. The van der Waals surface area contributed by atoms with Gasteiger partial charge in [0, 0.05) is 0 Å². The van der Waals surface area contributed by atoms with Crippen LogP contribution in [-0.4, -0.2) is 48.1 Å². The van der Waals surface area contributed by atoms with E-state index in [1.54, 1.807) is 6.26 Å². The number of carbonyl (C=O) groups excluding carboxylic acids is 1. The van der Waals surface area contributed by atoms with Crippen LogP contribution in [0.3, 0.4) is 0 Å². The summed E-state index contributed by atoms with van der Waals surface area (Å²) in [7, 11) is 0. The van der Waals surface area contributed by atoms with Crippen LogP contribution in [0.5, 0.6) is 0 Å². The summed E-state index contributed by atoms with van der Waals surface area (Å²) in [6.45, 7) is -0.791. The molecule has 0 aliphatic heterocycles. The van der Waals surface area contributed by atoms with E-state index in [-0.39, 0.29) is 6.42 Å². The molecule has 16 heavy (non-hydrogen) atoms. The van der Waals surface area contributed by atoms with Crippen molar-refractivity contribution in [2.75, 3.05) is 18.6 Å². The van der Waals surface area contributed by atoms with Gasteiger partial charge in [0.15, 0.2) is 0 Å². The van der Waals surface area contributed by atoms with Crippen molar-refractivity contribution in [2.45, 2.75) is 18.9 Å². The van der Waals surface area contributed by atoms with Crippen molar-refractivity contribution in [3.8, 4) is 0 Å². The van der Waals surface area contributed by atoms with Crippen LogP contribution in [0.4, 0.5) is 13.6 Å². The lowest BCUT2D eigenvalue weighted by Gasteiger charge is -2.14. The highest BCUT2D eigenvalue weighted by atomic mass is 32.2. The van der Waals surface area contributed by atoms with E-state index < -0.39 is 31.0 Å². The van der Waals surface area contributed by atoms with Crippen molar-refractivity contribution in [2.24, 2.45) is 0 Å². The lowest BCUT2D eigenvalue weighted by atomic mass is 10.2. The number of alkyl halides is 2. The molecular weight excluding hydrogens is 242 g/mol. The molecule has 2 amide bonds. The van der Waals surface area contributed by atoms with Crippen LogP contribution in [0.25, 0.3) is 0 Å². The van der Waals surface area contributed by atoms with Gasteiger partial charge in [0.1, 0.15) is 6.04 Å². The molecule has 94 valence electrons. The zero-order valence-corrected chi connectivity index (χ0v) is 9.52. The number of aliphatic carboxylic acids is 1. The number of carboxylic acids is 1. The Kier molecular flexibility index (Phi) is 7.61. The van der Waals surface area contributed by atoms with Crippen LogP contribution in [0.15, 0.2) is 0 Å². The molecule has 0 saturated carbocycles. The zero-order valence-electron chi connectivity index (χ0n) is 8.70. The van der Waals surface area contributed by atoms with Gasteiger partial charge in [-0.25, -0.2) is 18.4 Å². The SMILES string of the molecule is CSCCC(NC(=O)NCC(F)F)C(=O)O. The first-order valence-corrected chi connectivity index (χ1v) is 5.91. The number of hydrogen-bond acceptors (Lipinski definition) is 3. The Hall–Kier alpha value is -1.05. The summed E-state index contributed by atoms with van der Waals surface area (Å²) in [6.07, 6.45) is -0.603. The number of carbonyl (C=O) groups is 2. The first-order chi connectivity index (χ1) is 7.47. The van der Waals surface area contributed by atoms with Gasteiger partial charge in [-0.15, -0.1) is 0 Å². The number of amides is 2. The maximum Gasteiger partial charge on any atom is 0.326 e. The molecule has 0 heterocycles. The van der Waals surface area contributed by atoms with E-state index in [4.69, 9.17) is 5.11 Å². The molecular formula is C8H14F2N2O3S. The van der Waals surface area contributed by atoms with Crippen LogP contribution >= 0.6 is 11.8 Å². The second kappa shape index (κ2) is 8.14. The topological polar surface area (TPSA) is 78.4 Å². The number of rotatable bonds is 7. The lowest BCUT2D eigenvalue weighted by Crippen LogP contribution is -2.47. The van der Waals surface area contributed by atoms with E-state index in [1.807, 2.05) is 5.32 Å². The van der Waals surface area contributed by atoms with Gasteiger partial charge in [0.2, 0.25) is 0 Å². The van der Waals surface area contributed by atoms with Gasteiger partial charge >= 0.3 is 12.0 Å². The van der Waals surface area contributed by atoms with E-state index in [1.165, 1.54) is 11.8 Å². The largest absolute Gasteiger partial charge is 0.480 e. The van der Waals surface area contributed by atoms with Crippen molar-refractivity contribution in [3.05, 3.63) is 0 Å². The minimum atomic E-state index is -2.65. The first-order valence-electron chi connectivity index (χ1n) is 4.51. The molecule has 8 heteroatoms. The van der Waals surface area contributed by atoms with Crippen LogP contribution in [-0.2, 0) is 4.79 Å². The average Bonchev–Trinajstić information content (AvgIpc) is 2.20. The van der Waals surface area contributed by atoms with Gasteiger partial charge in [-0.2, -0.15) is 11.8 Å². The summed E-state index contributed by atoms with van der Waals surface area (Å²) < 4.78 is 23.5. The molecule has 1 atom stereocenters. The van der Waals surface area contributed by atoms with Crippen molar-refractivity contribution in [3.63, 3.8) is 0 Å². The number of nitrogens with one attached hydrogen (secondary N) is 2. The van der Waals surface area contributed by atoms with E-state index in [0.29, 0.717) is 5.75 Å². The zero-order chi connectivity index (χ0) is 12.6. The number of thioether (sulfide) groups is 1. The Morgan fingerprint density at radius 1 is 1.44 bits per heavy atom. The second-order valence-corrected chi connectivity index (χ2v) is 3.90. The minimum Gasteiger partial charge on any atom is -0.480 e. The monoisotopic (exact) mass is 256 g/mol. The maximum atomic E-state index is 11.7. The molecule has 0 fully saturated rings. The third-order valence-corrected chi connectivity index (χ3v) is 2.27. The second-order valence-electron chi connectivity index (χ2n) is 2.92. The fraction of sp³-hybridized carbons (Fsp3) is 0.750. The van der Waals surface area contributed by atoms with Crippen LogP contribution in [0.2, 0.25) is 0 Å². The molecule has 0 aliphatic rings. The Bertz CT molecular complexity index is 241. The summed E-state index contributed by atoms with van der Waals surface area (Å²) >= 11 is 1.44. The van der Waals surface area contributed by atoms with Crippen molar-refractivity contribution in [1.29, 1.82) is 0 Å². The maximum absolute atomic E-state index is 11.7. The van der Waals surface area contributed by atoms with Crippen LogP contribution < -0.4 is 10.6 Å². The Labute approximate surface area is 96.0 Å². The quantitative estimate of drug-likeness (QED) is 0.628. The van der Waals surface area contributed by atoms with Crippen molar-refractivity contribution < 1.29 is 23.5 Å². The highest BCUT2D eigenvalue weighted by Gasteiger charge is 2.19. The third kappa shape index (κ3) is 7.27. The Morgan fingerprint density at radius 3 is 2.50 bits per heavy atom. The molecule has 0 aromatic rings. The number of urea groups is 1. The van der Waals surface area contributed by atoms with Gasteiger partial charge in [0.25, 0.3) is 6.43 Å². The molecule has 0 rings (SSSR count). The highest BCUT2D eigenvalue weighted by molar-refractivity contribution is 7.98. The molecule has 3 N–H and O–H groups in total. The third-order valence-electron chi connectivity index (χ3n) is 1.63. The van der Waals surface area contributed by atoms with Crippen LogP contribution in [0, 0.1) is 0 Å². The fourth-order valence-corrected chi connectivity index (χ4v) is 1.34. The summed E-state index contributed by atoms with van der Waals surface area (Å²) in [5, 5.41) is 12.7. The molecule has 0 aromatic carbocycles. The van der Waals surface area contributed by atoms with Gasteiger partial charge in [-0.1, -0.05) is 0 Å². The van der Waals surface area contributed by atoms with Gasteiger partial charge in [-0.3, -0.25) is 0 Å². The van der Waals surface area contributed by atoms with Gasteiger partial charge in [-0.05, 0) is 18.4 Å². The van der Waals surface area contributed by atoms with E-state index >= 15 is 0 Å². The van der Waals surface area contributed by atoms with Gasteiger partial charge < -0.3 is 15.7 Å². The fourth-order valence-electron chi connectivity index (χ4n) is 0.872. The Balaban J connectivity index is 3.98. The predicted molar refractivity (Wildman–Crippen MR) is 57.0 cm³/mol. The summed E-state index contributed by atoms with van der Waals surface area (Å²) in [5.74, 6) is -0.618. The molecule has 0 aromatic heterocycles. The van der Waals surface area contributed by atoms with Crippen molar-refractivity contribution >= 4 is 23.8 Å². The molecule has 0 aliphatic carbocycles. The first kappa shape index (κ1) is 14.9. The standard InChI is InChI=1S/C8H14F2N2O3S/c1-16-3-2-5(7(13)14)12-8(15)11-4-6(9)10/h5-6H,2-4H2,1H3,(H,13,14)(H2,11,12,15). The minimum absolute atomic E-state index is 0.249. The van der Waals surface area contributed by atoms with Gasteiger partial charge in [0.05, 0.1) is 6.54 Å². The number of hydrogen-bond donors (Lipinski definition) is 3. The average molecular weight is 256 g/mol. The number of carboxylic acid groups (broad SMARTS) is 1. The lowest BCUT2D eigenvalue weighted by molar-refractivity contribution is -0.139. The smallest absolute Gasteiger partial charge is 0.326 e. The molecule has 1 unspecified atom stereocenters. The number of halogens is 2. The normalized spacial score (nSPS) is 12.2. The molecule has 0 saturated heterocycles. The van der Waals surface area contributed by atoms with E-state index in [2.05, 4.69) is 5.32 Å². The van der Waals surface area contributed by atoms with E-state index in [9.17, 15) is 18.4 Å². The predicted octanol–water partition coefficient (Wildman–Crippen LogP) is 0.757. The molecule has 0 radical (unpaired) electrons. The highest BCUT2D eigenvalue weighted by Crippen LogP contribution is 2.00. The van der Waals surface area contributed by atoms with E-state index in [0.717, 1.165) is 0 Å². The summed E-state index contributed by atoms with van der Waals surface area (Å²) in [5.41, 5.74) is 0.